The van der Waals surface area contributed by atoms with E-state index < -0.39 is 0 Å². The SMILES string of the molecule is CC1(C)c2ccccc2-c2cc(-c3cccc4c3CCC4)c(N(c3ccc(-c4ccccc4)cc3)c3ccc4cccc5c6cccc7cccc(c3c45)c76)cc21. The Morgan fingerprint density at radius 3 is 1.89 bits per heavy atom. The van der Waals surface area contributed by atoms with Crippen LogP contribution < -0.4 is 4.90 Å². The highest BCUT2D eigenvalue weighted by molar-refractivity contribution is 6.35. The van der Waals surface area contributed by atoms with Crippen LogP contribution in [0.1, 0.15) is 42.5 Å². The van der Waals surface area contributed by atoms with Gasteiger partial charge in [-0.05, 0) is 137 Å². The fourth-order valence-corrected chi connectivity index (χ4v) is 10.7. The second kappa shape index (κ2) is 12.1. The van der Waals surface area contributed by atoms with Gasteiger partial charge in [-0.1, -0.05) is 159 Å². The van der Waals surface area contributed by atoms with Crippen LogP contribution in [0.2, 0.25) is 0 Å². The Kier molecular flexibility index (Phi) is 6.93. The molecule has 1 heteroatoms. The van der Waals surface area contributed by atoms with Crippen LogP contribution in [0.25, 0.3) is 76.5 Å². The number of rotatable bonds is 5. The van der Waals surface area contributed by atoms with Crippen molar-refractivity contribution in [3.05, 3.63) is 198 Å². The van der Waals surface area contributed by atoms with Gasteiger partial charge in [-0.3, -0.25) is 0 Å². The van der Waals surface area contributed by atoms with Gasteiger partial charge in [0.2, 0.25) is 0 Å². The molecule has 2 aliphatic carbocycles. The van der Waals surface area contributed by atoms with E-state index in [0.717, 1.165) is 18.5 Å². The van der Waals surface area contributed by atoms with Gasteiger partial charge in [-0.15, -0.1) is 0 Å². The highest BCUT2D eigenvalue weighted by Gasteiger charge is 2.37. The van der Waals surface area contributed by atoms with Crippen molar-refractivity contribution in [1.29, 1.82) is 0 Å². The average Bonchev–Trinajstić information content (AvgIpc) is 3.83. The molecule has 1 nitrogen and oxygen atoms in total. The van der Waals surface area contributed by atoms with E-state index >= 15 is 0 Å². The molecule has 0 unspecified atom stereocenters. The Morgan fingerprint density at radius 2 is 1.09 bits per heavy atom. The third-order valence-corrected chi connectivity index (χ3v) is 13.3. The minimum atomic E-state index is -0.157. The lowest BCUT2D eigenvalue weighted by molar-refractivity contribution is 0.660. The zero-order chi connectivity index (χ0) is 37.8. The molecule has 0 N–H and O–H groups in total. The molecule has 0 fully saturated rings. The zero-order valence-corrected chi connectivity index (χ0v) is 32.3. The van der Waals surface area contributed by atoms with Crippen LogP contribution in [0.5, 0.6) is 0 Å². The summed E-state index contributed by atoms with van der Waals surface area (Å²) in [5, 5.41) is 10.4. The fraction of sp³-hybridized carbons (Fsp3) is 0.107. The van der Waals surface area contributed by atoms with E-state index in [4.69, 9.17) is 0 Å². The molecular weight excluding hydrogens is 687 g/mol. The minimum absolute atomic E-state index is 0.157. The van der Waals surface area contributed by atoms with Gasteiger partial charge in [-0.2, -0.15) is 0 Å². The number of nitrogens with zero attached hydrogens (tertiary/aromatic N) is 1. The van der Waals surface area contributed by atoms with E-state index in [0.29, 0.717) is 0 Å². The second-order valence-corrected chi connectivity index (χ2v) is 16.7. The lowest BCUT2D eigenvalue weighted by atomic mass is 9.81. The topological polar surface area (TPSA) is 3.24 Å². The summed E-state index contributed by atoms with van der Waals surface area (Å²) in [6, 6.07) is 66.5. The van der Waals surface area contributed by atoms with Crippen molar-refractivity contribution in [3.63, 3.8) is 0 Å². The number of hydrogen-bond donors (Lipinski definition) is 0. The molecule has 2 aliphatic rings. The lowest BCUT2D eigenvalue weighted by Gasteiger charge is -2.32. The third-order valence-electron chi connectivity index (χ3n) is 13.3. The highest BCUT2D eigenvalue weighted by Crippen LogP contribution is 2.55. The van der Waals surface area contributed by atoms with Crippen molar-refractivity contribution < 1.29 is 0 Å². The van der Waals surface area contributed by atoms with Crippen LogP contribution in [0, 0.1) is 0 Å². The molecule has 0 bridgehead atoms. The fourth-order valence-electron chi connectivity index (χ4n) is 10.7. The number of aryl methyl sites for hydroxylation is 1. The van der Waals surface area contributed by atoms with Crippen LogP contribution in [0.4, 0.5) is 17.1 Å². The summed E-state index contributed by atoms with van der Waals surface area (Å²) in [5.41, 5.74) is 17.0. The number of fused-ring (bicyclic) bond motifs is 6. The molecular formula is C56H41N. The standard InChI is InChI=1S/C56H41N/c1-56(2)49-26-7-6-20-43(49)47-33-48(42-22-9-16-37-15-8-21-41(37)42)52(34-50(47)56)57(40-30-27-36(28-31-40)35-13-4-3-5-14-35)51-32-29-39-19-11-24-45-44-23-10-17-38-18-12-25-46(53(38)44)55(51)54(39)45/h3-7,9-14,16-20,22-34H,8,15,21H2,1-2H3. The monoisotopic (exact) mass is 727 g/mol. The summed E-state index contributed by atoms with van der Waals surface area (Å²) in [6.45, 7) is 4.81. The summed E-state index contributed by atoms with van der Waals surface area (Å²) >= 11 is 0. The van der Waals surface area contributed by atoms with Crippen LogP contribution in [0.3, 0.4) is 0 Å². The van der Waals surface area contributed by atoms with Crippen LogP contribution in [-0.2, 0) is 18.3 Å². The van der Waals surface area contributed by atoms with Crippen LogP contribution in [-0.4, -0.2) is 0 Å². The Bertz CT molecular complexity index is 3220. The quantitative estimate of drug-likeness (QED) is 0.126. The maximum absolute atomic E-state index is 2.61. The predicted octanol–water partition coefficient (Wildman–Crippen LogP) is 15.3. The second-order valence-electron chi connectivity index (χ2n) is 16.7. The molecule has 0 atom stereocenters. The molecule has 10 aromatic carbocycles. The smallest absolute Gasteiger partial charge is 0.0547 e. The third kappa shape index (κ3) is 4.69. The van der Waals surface area contributed by atoms with E-state index in [1.165, 1.54) is 117 Å². The summed E-state index contributed by atoms with van der Waals surface area (Å²) < 4.78 is 0. The largest absolute Gasteiger partial charge is 0.309 e. The maximum Gasteiger partial charge on any atom is 0.0547 e. The van der Waals surface area contributed by atoms with E-state index in [1.807, 2.05) is 0 Å². The molecule has 57 heavy (non-hydrogen) atoms. The van der Waals surface area contributed by atoms with Crippen molar-refractivity contribution in [2.24, 2.45) is 0 Å². The van der Waals surface area contributed by atoms with Gasteiger partial charge in [0.05, 0.1) is 11.4 Å². The van der Waals surface area contributed by atoms with E-state index in [9.17, 15) is 0 Å². The van der Waals surface area contributed by atoms with Gasteiger partial charge >= 0.3 is 0 Å². The van der Waals surface area contributed by atoms with Crippen molar-refractivity contribution in [2.45, 2.75) is 38.5 Å². The predicted molar refractivity (Wildman–Crippen MR) is 243 cm³/mol. The van der Waals surface area contributed by atoms with Crippen LogP contribution in [0.15, 0.2) is 176 Å². The summed E-state index contributed by atoms with van der Waals surface area (Å²) in [6.07, 6.45) is 3.46. The van der Waals surface area contributed by atoms with Gasteiger partial charge < -0.3 is 4.90 Å². The zero-order valence-electron chi connectivity index (χ0n) is 32.3. The Hall–Kier alpha value is -6.70. The van der Waals surface area contributed by atoms with Crippen molar-refractivity contribution >= 4 is 60.2 Å². The van der Waals surface area contributed by atoms with Crippen molar-refractivity contribution in [2.75, 3.05) is 4.90 Å². The van der Waals surface area contributed by atoms with E-state index in [-0.39, 0.29) is 5.41 Å². The summed E-state index contributed by atoms with van der Waals surface area (Å²) in [7, 11) is 0. The van der Waals surface area contributed by atoms with Gasteiger partial charge in [0, 0.05) is 22.1 Å². The molecule has 0 amide bonds. The van der Waals surface area contributed by atoms with Crippen molar-refractivity contribution in [3.8, 4) is 33.4 Å². The number of anilines is 3. The van der Waals surface area contributed by atoms with Gasteiger partial charge in [0.15, 0.2) is 0 Å². The van der Waals surface area contributed by atoms with Crippen LogP contribution >= 0.6 is 0 Å². The molecule has 0 heterocycles. The number of hydrogen-bond acceptors (Lipinski definition) is 1. The molecule has 12 rings (SSSR count). The first kappa shape index (κ1) is 32.5. The molecule has 0 saturated carbocycles. The summed E-state index contributed by atoms with van der Waals surface area (Å²) in [4.78, 5) is 2.61. The maximum atomic E-state index is 2.61. The minimum Gasteiger partial charge on any atom is -0.309 e. The molecule has 0 saturated heterocycles. The summed E-state index contributed by atoms with van der Waals surface area (Å²) in [5.74, 6) is 0. The Balaban J connectivity index is 1.23. The molecule has 10 aromatic rings. The lowest BCUT2D eigenvalue weighted by Crippen LogP contribution is -2.17. The van der Waals surface area contributed by atoms with Crippen molar-refractivity contribution in [1.82, 2.24) is 0 Å². The first-order valence-corrected chi connectivity index (χ1v) is 20.5. The average molecular weight is 728 g/mol. The first-order chi connectivity index (χ1) is 28.0. The van der Waals surface area contributed by atoms with Gasteiger partial charge in [0.25, 0.3) is 0 Å². The van der Waals surface area contributed by atoms with Gasteiger partial charge in [-0.25, -0.2) is 0 Å². The van der Waals surface area contributed by atoms with E-state index in [2.05, 4.69) is 195 Å². The Labute approximate surface area is 333 Å². The molecule has 0 aromatic heterocycles. The molecule has 0 aliphatic heterocycles. The highest BCUT2D eigenvalue weighted by atomic mass is 15.1. The van der Waals surface area contributed by atoms with Gasteiger partial charge in [0.1, 0.15) is 0 Å². The molecule has 270 valence electrons. The van der Waals surface area contributed by atoms with E-state index in [1.54, 1.807) is 0 Å². The molecule has 0 spiro atoms. The Morgan fingerprint density at radius 1 is 0.421 bits per heavy atom. The number of benzene rings is 10. The molecule has 0 radical (unpaired) electrons. The normalized spacial score (nSPS) is 14.1. The first-order valence-electron chi connectivity index (χ1n) is 20.5.